The zero-order chi connectivity index (χ0) is 53.5. The molecular formula is C58H68B2F10N2. The maximum Gasteiger partial charge on any atom is 0.209 e. The molecule has 14 heteroatoms. The Labute approximate surface area is 419 Å². The summed E-state index contributed by atoms with van der Waals surface area (Å²) in [5, 5.41) is 0. The van der Waals surface area contributed by atoms with Gasteiger partial charge in [-0.2, -0.15) is 12.6 Å². The Balaban J connectivity index is 0.000000189. The molecule has 5 aromatic carbocycles. The van der Waals surface area contributed by atoms with Crippen LogP contribution in [0.4, 0.5) is 55.3 Å². The van der Waals surface area contributed by atoms with Gasteiger partial charge in [-0.15, -0.1) is 10.9 Å². The summed E-state index contributed by atoms with van der Waals surface area (Å²) in [6.07, 6.45) is 2.07. The molecule has 9 rings (SSSR count). The van der Waals surface area contributed by atoms with Crippen LogP contribution in [0, 0.1) is 69.0 Å². The molecule has 72 heavy (non-hydrogen) atoms. The van der Waals surface area contributed by atoms with Crippen molar-refractivity contribution in [1.29, 1.82) is 0 Å². The van der Waals surface area contributed by atoms with E-state index >= 15 is 17.6 Å². The van der Waals surface area contributed by atoms with Gasteiger partial charge in [-0.3, -0.25) is 0 Å². The lowest BCUT2D eigenvalue weighted by Gasteiger charge is -2.31. The van der Waals surface area contributed by atoms with Crippen LogP contribution in [0.25, 0.3) is 0 Å². The molecule has 0 radical (unpaired) electrons. The van der Waals surface area contributed by atoms with E-state index in [1.54, 1.807) is 0 Å². The number of halogens is 10. The van der Waals surface area contributed by atoms with Crippen LogP contribution in [-0.4, -0.2) is 44.9 Å². The first-order chi connectivity index (χ1) is 33.4. The van der Waals surface area contributed by atoms with Gasteiger partial charge >= 0.3 is 0 Å². The van der Waals surface area contributed by atoms with Crippen LogP contribution in [0.3, 0.4) is 0 Å². The summed E-state index contributed by atoms with van der Waals surface area (Å²) < 4.78 is 150. The van der Waals surface area contributed by atoms with Crippen LogP contribution in [0.1, 0.15) is 156 Å². The van der Waals surface area contributed by atoms with Gasteiger partial charge in [0.15, 0.2) is 46.0 Å². The van der Waals surface area contributed by atoms with E-state index < -0.39 is 104 Å². The zero-order valence-electron chi connectivity index (χ0n) is 44.2. The molecule has 0 bridgehead atoms. The average molecular weight is 1000 g/mol. The van der Waals surface area contributed by atoms with Gasteiger partial charge in [0.05, 0.1) is 0 Å². The van der Waals surface area contributed by atoms with Gasteiger partial charge in [0, 0.05) is 73.6 Å². The lowest BCUT2D eigenvalue weighted by Crippen LogP contribution is -2.50. The maximum absolute atomic E-state index is 15.2. The molecule has 2 nitrogen and oxygen atoms in total. The fourth-order valence-corrected chi connectivity index (χ4v) is 14.2. The monoisotopic (exact) mass is 1000 g/mol. The number of para-hydroxylation sites is 2. The first kappa shape index (κ1) is 54.6. The Morgan fingerprint density at radius 1 is 0.417 bits per heavy atom. The molecule has 0 aliphatic carbocycles. The Morgan fingerprint density at radius 2 is 0.681 bits per heavy atom. The Kier molecular flexibility index (Phi) is 14.9. The van der Waals surface area contributed by atoms with Crippen LogP contribution >= 0.6 is 0 Å². The van der Waals surface area contributed by atoms with Crippen molar-refractivity contribution >= 4 is 46.9 Å². The predicted octanol–water partition coefficient (Wildman–Crippen LogP) is 14.9. The Hall–Kier alpha value is -5.13. The molecule has 0 saturated heterocycles. The number of nitrogens with zero attached hydrogens (tertiary/aromatic N) is 2. The highest BCUT2D eigenvalue weighted by Crippen LogP contribution is 2.52. The van der Waals surface area contributed by atoms with Gasteiger partial charge in [-0.1, -0.05) is 142 Å². The van der Waals surface area contributed by atoms with E-state index in [1.807, 2.05) is 102 Å². The third-order valence-electron chi connectivity index (χ3n) is 16.4. The van der Waals surface area contributed by atoms with Gasteiger partial charge in [-0.05, 0) is 34.9 Å². The van der Waals surface area contributed by atoms with Crippen LogP contribution in [0.15, 0.2) is 72.8 Å². The second-order valence-corrected chi connectivity index (χ2v) is 24.2. The second-order valence-electron chi connectivity index (χ2n) is 24.2. The molecule has 0 fully saturated rings. The van der Waals surface area contributed by atoms with Gasteiger partial charge in [0.25, 0.3) is 0 Å². The van der Waals surface area contributed by atoms with E-state index in [0.717, 1.165) is 44.9 Å². The minimum atomic E-state index is -2.10. The molecule has 4 heterocycles. The van der Waals surface area contributed by atoms with Crippen molar-refractivity contribution in [2.75, 3.05) is 0 Å². The van der Waals surface area contributed by atoms with E-state index in [0.29, 0.717) is 25.5 Å². The van der Waals surface area contributed by atoms with Crippen molar-refractivity contribution in [2.24, 2.45) is 10.8 Å². The van der Waals surface area contributed by atoms with Crippen LogP contribution < -0.4 is 10.9 Å². The standard InChI is InChI=1S/2C26H31BF5N.C6H6/c2*1-13(2)15-9-8-10-16-14(3)11-27(17-18(28)20(30)22(32)21(31)19(17)29)24-25(4,5)12-26(6,7)33(24)23(15)16;1-2-4-6-5-3-1/h2*8-10,13-14,27H,11-12H2,1-7H3;1-6H/t2*14-,27+;/m10./s1. The van der Waals surface area contributed by atoms with Crippen LogP contribution in [-0.2, 0) is 0 Å². The SMILES string of the molecule is CC(C)c1cccc2c1[N+]1=C([B@@H-](c3c(F)c(F)c(F)c(F)c3F)C[C@@H]2C)C(C)(C)CC1(C)C.CC(C)c1cccc2c1[N+]1=C([B@H-](c3c(F)c(F)c(F)c(F)c3F)C[C@H]2C)C(C)(C)CC1(C)C.c1ccccc1. The van der Waals surface area contributed by atoms with Crippen molar-refractivity contribution in [3.63, 3.8) is 0 Å². The van der Waals surface area contributed by atoms with Crippen LogP contribution in [0.2, 0.25) is 12.6 Å². The first-order valence-corrected chi connectivity index (χ1v) is 25.5. The highest BCUT2D eigenvalue weighted by atomic mass is 19.2. The Morgan fingerprint density at radius 3 is 0.944 bits per heavy atom. The zero-order valence-corrected chi connectivity index (χ0v) is 44.2. The highest BCUT2D eigenvalue weighted by Gasteiger charge is 2.56. The average Bonchev–Trinajstić information content (AvgIpc) is 3.47. The van der Waals surface area contributed by atoms with E-state index in [4.69, 9.17) is 0 Å². The quantitative estimate of drug-likeness (QED) is 0.0556. The molecule has 0 unspecified atom stereocenters. The molecule has 386 valence electrons. The topological polar surface area (TPSA) is 6.02 Å². The summed E-state index contributed by atoms with van der Waals surface area (Å²) in [5.41, 5.74) is 5.02. The number of rotatable bonds is 4. The minimum absolute atomic E-state index is 0.113. The number of benzene rings is 5. The number of hydrogen-bond acceptors (Lipinski definition) is 0. The molecule has 4 atom stereocenters. The van der Waals surface area contributed by atoms with Crippen molar-refractivity contribution in [3.05, 3.63) is 153 Å². The summed E-state index contributed by atoms with van der Waals surface area (Å²) in [5.74, 6) is -18.3. The van der Waals surface area contributed by atoms with Gasteiger partial charge in [-0.25, -0.2) is 53.1 Å². The predicted molar refractivity (Wildman–Crippen MR) is 275 cm³/mol. The summed E-state index contributed by atoms with van der Waals surface area (Å²) in [4.78, 5) is 0. The van der Waals surface area contributed by atoms with Crippen molar-refractivity contribution in [1.82, 2.24) is 0 Å². The molecule has 0 spiro atoms. The largest absolute Gasteiger partial charge is 0.232 e. The summed E-state index contributed by atoms with van der Waals surface area (Å²) in [7, 11) is 0. The summed E-state index contributed by atoms with van der Waals surface area (Å²) in [6, 6.07) is 24.2. The highest BCUT2D eigenvalue weighted by molar-refractivity contribution is 7.01. The lowest BCUT2D eigenvalue weighted by molar-refractivity contribution is -0.515. The Bertz CT molecular complexity index is 2720. The van der Waals surface area contributed by atoms with Gasteiger partial charge in [0.1, 0.15) is 36.7 Å². The lowest BCUT2D eigenvalue weighted by atomic mass is 9.34. The molecule has 4 aliphatic rings. The number of hydrogen-bond donors (Lipinski definition) is 0. The molecule has 0 amide bonds. The molecule has 0 saturated carbocycles. The van der Waals surface area contributed by atoms with E-state index in [-0.39, 0.29) is 23.7 Å². The maximum atomic E-state index is 15.2. The smallest absolute Gasteiger partial charge is 0.209 e. The van der Waals surface area contributed by atoms with E-state index in [2.05, 4.69) is 76.7 Å². The fraction of sp³-hybridized carbons (Fsp3) is 0.448. The summed E-state index contributed by atoms with van der Waals surface area (Å²) in [6.45, 7) is 24.6. The second kappa shape index (κ2) is 19.6. The minimum Gasteiger partial charge on any atom is -0.232 e. The van der Waals surface area contributed by atoms with Gasteiger partial charge in [0.2, 0.25) is 11.4 Å². The summed E-state index contributed by atoms with van der Waals surface area (Å²) >= 11 is 0. The van der Waals surface area contributed by atoms with Crippen molar-refractivity contribution in [3.8, 4) is 0 Å². The molecule has 4 aliphatic heterocycles. The molecule has 5 aromatic rings. The molecular weight excluding hydrogens is 936 g/mol. The van der Waals surface area contributed by atoms with E-state index in [1.165, 1.54) is 0 Å². The van der Waals surface area contributed by atoms with E-state index in [9.17, 15) is 26.3 Å². The van der Waals surface area contributed by atoms with Crippen molar-refractivity contribution < 1.29 is 53.1 Å². The first-order valence-electron chi connectivity index (χ1n) is 25.5. The van der Waals surface area contributed by atoms with Gasteiger partial charge < -0.3 is 0 Å². The normalized spacial score (nSPS) is 22.2. The molecule has 0 aromatic heterocycles. The number of fused-ring (bicyclic) bond motifs is 4. The third-order valence-corrected chi connectivity index (χ3v) is 16.4. The van der Waals surface area contributed by atoms with Crippen molar-refractivity contribution in [2.45, 2.75) is 157 Å². The fourth-order valence-electron chi connectivity index (χ4n) is 14.2. The van der Waals surface area contributed by atoms with Crippen LogP contribution in [0.5, 0.6) is 0 Å². The molecule has 0 N–H and O–H groups in total. The third kappa shape index (κ3) is 9.28.